The second-order valence-electron chi connectivity index (χ2n) is 1.92. The topological polar surface area (TPSA) is 83.5 Å². The van der Waals surface area contributed by atoms with Gasteiger partial charge < -0.3 is 15.9 Å². The standard InChI is InChI=1S/C5H11NO3/c1-3(7)4(2-6)5(8)9/h3-4,7H,2,6H2,1H3,(H,8,9)/t3-,4+/m1/s1. The van der Waals surface area contributed by atoms with Crippen LogP contribution < -0.4 is 5.73 Å². The second kappa shape index (κ2) is 3.42. The first-order valence-electron chi connectivity index (χ1n) is 2.70. The lowest BCUT2D eigenvalue weighted by molar-refractivity contribution is -0.144. The van der Waals surface area contributed by atoms with E-state index >= 15 is 0 Å². The largest absolute Gasteiger partial charge is 0.481 e. The van der Waals surface area contributed by atoms with E-state index in [4.69, 9.17) is 15.9 Å². The number of aliphatic carboxylic acids is 1. The monoisotopic (exact) mass is 133 g/mol. The van der Waals surface area contributed by atoms with Crippen molar-refractivity contribution in [3.05, 3.63) is 0 Å². The predicted molar refractivity (Wildman–Crippen MR) is 31.9 cm³/mol. The summed E-state index contributed by atoms with van der Waals surface area (Å²) >= 11 is 0. The van der Waals surface area contributed by atoms with E-state index in [-0.39, 0.29) is 6.54 Å². The molecule has 0 aliphatic carbocycles. The minimum Gasteiger partial charge on any atom is -0.481 e. The third-order valence-electron chi connectivity index (χ3n) is 1.15. The van der Waals surface area contributed by atoms with E-state index in [9.17, 15) is 4.79 Å². The number of nitrogens with two attached hydrogens (primary N) is 1. The van der Waals surface area contributed by atoms with Crippen molar-refractivity contribution in [1.82, 2.24) is 0 Å². The van der Waals surface area contributed by atoms with E-state index in [0.29, 0.717) is 0 Å². The van der Waals surface area contributed by atoms with Crippen molar-refractivity contribution in [2.45, 2.75) is 13.0 Å². The molecule has 0 amide bonds. The Morgan fingerprint density at radius 2 is 2.22 bits per heavy atom. The lowest BCUT2D eigenvalue weighted by Crippen LogP contribution is -2.32. The van der Waals surface area contributed by atoms with Crippen LogP contribution in [0.2, 0.25) is 0 Å². The van der Waals surface area contributed by atoms with Crippen LogP contribution >= 0.6 is 0 Å². The smallest absolute Gasteiger partial charge is 0.310 e. The summed E-state index contributed by atoms with van der Waals surface area (Å²) in [4.78, 5) is 10.1. The van der Waals surface area contributed by atoms with E-state index < -0.39 is 18.0 Å². The first-order valence-corrected chi connectivity index (χ1v) is 2.70. The molecule has 0 bridgehead atoms. The van der Waals surface area contributed by atoms with Crippen molar-refractivity contribution in [3.63, 3.8) is 0 Å². The molecule has 0 aliphatic rings. The van der Waals surface area contributed by atoms with Crippen LogP contribution in [0.4, 0.5) is 0 Å². The van der Waals surface area contributed by atoms with Crippen LogP contribution in [0.25, 0.3) is 0 Å². The Hall–Kier alpha value is -0.610. The molecule has 0 radical (unpaired) electrons. The van der Waals surface area contributed by atoms with Gasteiger partial charge in [0.25, 0.3) is 0 Å². The van der Waals surface area contributed by atoms with Crippen LogP contribution in [0.3, 0.4) is 0 Å². The maximum Gasteiger partial charge on any atom is 0.310 e. The van der Waals surface area contributed by atoms with E-state index in [1.54, 1.807) is 0 Å². The molecule has 0 heterocycles. The fourth-order valence-corrected chi connectivity index (χ4v) is 0.504. The molecule has 0 aromatic carbocycles. The van der Waals surface area contributed by atoms with Gasteiger partial charge in [0.2, 0.25) is 0 Å². The highest BCUT2D eigenvalue weighted by Gasteiger charge is 2.20. The lowest BCUT2D eigenvalue weighted by atomic mass is 10.1. The molecule has 4 heteroatoms. The van der Waals surface area contributed by atoms with Gasteiger partial charge in [-0.05, 0) is 6.92 Å². The van der Waals surface area contributed by atoms with Crippen LogP contribution in [0.1, 0.15) is 6.92 Å². The molecule has 0 fully saturated rings. The zero-order valence-electron chi connectivity index (χ0n) is 5.24. The molecule has 0 unspecified atom stereocenters. The quantitative estimate of drug-likeness (QED) is 0.462. The number of aliphatic hydroxyl groups excluding tert-OH is 1. The van der Waals surface area contributed by atoms with Gasteiger partial charge in [-0.2, -0.15) is 0 Å². The van der Waals surface area contributed by atoms with Crippen molar-refractivity contribution in [2.24, 2.45) is 11.7 Å². The van der Waals surface area contributed by atoms with Crippen LogP contribution in [0, 0.1) is 5.92 Å². The molecule has 4 N–H and O–H groups in total. The third-order valence-corrected chi connectivity index (χ3v) is 1.15. The highest BCUT2D eigenvalue weighted by molar-refractivity contribution is 5.70. The van der Waals surface area contributed by atoms with Crippen LogP contribution in [-0.2, 0) is 4.79 Å². The Labute approximate surface area is 53.3 Å². The minimum atomic E-state index is -1.05. The fraction of sp³-hybridized carbons (Fsp3) is 0.800. The Morgan fingerprint density at radius 3 is 2.22 bits per heavy atom. The zero-order valence-corrected chi connectivity index (χ0v) is 5.24. The van der Waals surface area contributed by atoms with Crippen molar-refractivity contribution in [1.29, 1.82) is 0 Å². The van der Waals surface area contributed by atoms with Gasteiger partial charge in [0, 0.05) is 6.54 Å². The van der Waals surface area contributed by atoms with E-state index in [1.807, 2.05) is 0 Å². The average Bonchev–Trinajstić information content (AvgIpc) is 1.64. The second-order valence-corrected chi connectivity index (χ2v) is 1.92. The van der Waals surface area contributed by atoms with Crippen LogP contribution in [0.15, 0.2) is 0 Å². The van der Waals surface area contributed by atoms with Crippen molar-refractivity contribution in [2.75, 3.05) is 6.54 Å². The summed E-state index contributed by atoms with van der Waals surface area (Å²) in [7, 11) is 0. The van der Waals surface area contributed by atoms with Gasteiger partial charge in [-0.15, -0.1) is 0 Å². The number of carbonyl (C=O) groups is 1. The molecule has 2 atom stereocenters. The first kappa shape index (κ1) is 8.39. The van der Waals surface area contributed by atoms with E-state index in [1.165, 1.54) is 6.92 Å². The summed E-state index contributed by atoms with van der Waals surface area (Å²) in [6, 6.07) is 0. The van der Waals surface area contributed by atoms with E-state index in [2.05, 4.69) is 0 Å². The van der Waals surface area contributed by atoms with Gasteiger partial charge in [-0.1, -0.05) is 0 Å². The predicted octanol–water partition coefficient (Wildman–Crippen LogP) is -0.973. The van der Waals surface area contributed by atoms with Gasteiger partial charge in [0.05, 0.1) is 12.0 Å². The number of carboxylic acid groups (broad SMARTS) is 1. The molecule has 0 rings (SSSR count). The number of hydrogen-bond donors (Lipinski definition) is 3. The van der Waals surface area contributed by atoms with Gasteiger partial charge in [0.15, 0.2) is 0 Å². The third kappa shape index (κ3) is 2.43. The molecule has 0 saturated carbocycles. The van der Waals surface area contributed by atoms with Crippen LogP contribution in [0.5, 0.6) is 0 Å². The molecule has 4 nitrogen and oxygen atoms in total. The van der Waals surface area contributed by atoms with Gasteiger partial charge >= 0.3 is 5.97 Å². The first-order chi connectivity index (χ1) is 4.09. The Bertz CT molecular complexity index is 102. The number of rotatable bonds is 3. The lowest BCUT2D eigenvalue weighted by Gasteiger charge is -2.11. The number of aliphatic hydroxyl groups is 1. The summed E-state index contributed by atoms with van der Waals surface area (Å²) in [6.07, 6.45) is -0.868. The molecule has 0 saturated heterocycles. The Balaban J connectivity index is 3.83. The summed E-state index contributed by atoms with van der Waals surface area (Å²) in [5.41, 5.74) is 5.03. The minimum absolute atomic E-state index is 0.0208. The van der Waals surface area contributed by atoms with Crippen molar-refractivity contribution >= 4 is 5.97 Å². The maximum absolute atomic E-state index is 10.1. The molecule has 0 aromatic heterocycles. The van der Waals surface area contributed by atoms with Gasteiger partial charge in [-0.3, -0.25) is 4.79 Å². The zero-order chi connectivity index (χ0) is 7.44. The highest BCUT2D eigenvalue weighted by atomic mass is 16.4. The van der Waals surface area contributed by atoms with E-state index in [0.717, 1.165) is 0 Å². The molecule has 9 heavy (non-hydrogen) atoms. The maximum atomic E-state index is 10.1. The average molecular weight is 133 g/mol. The Kier molecular flexibility index (Phi) is 3.19. The summed E-state index contributed by atoms with van der Waals surface area (Å²) in [5.74, 6) is -1.88. The van der Waals surface area contributed by atoms with Gasteiger partial charge in [-0.25, -0.2) is 0 Å². The van der Waals surface area contributed by atoms with Crippen molar-refractivity contribution in [3.8, 4) is 0 Å². The molecular formula is C5H11NO3. The molecule has 0 aromatic rings. The molecule has 54 valence electrons. The van der Waals surface area contributed by atoms with Crippen LogP contribution in [-0.4, -0.2) is 28.8 Å². The summed E-state index contributed by atoms with van der Waals surface area (Å²) < 4.78 is 0. The highest BCUT2D eigenvalue weighted by Crippen LogP contribution is 1.99. The normalized spacial score (nSPS) is 16.8. The Morgan fingerprint density at radius 1 is 1.78 bits per heavy atom. The van der Waals surface area contributed by atoms with Gasteiger partial charge in [0.1, 0.15) is 0 Å². The summed E-state index contributed by atoms with van der Waals surface area (Å²) in [6.45, 7) is 1.39. The molecular weight excluding hydrogens is 122 g/mol. The SMILES string of the molecule is C[C@@H](O)[C@H](CN)C(=O)O. The number of hydrogen-bond acceptors (Lipinski definition) is 3. The number of carboxylic acids is 1. The summed E-state index contributed by atoms with van der Waals surface area (Å²) in [5, 5.41) is 17.0. The fourth-order valence-electron chi connectivity index (χ4n) is 0.504. The molecule has 0 spiro atoms. The molecule has 0 aliphatic heterocycles. The van der Waals surface area contributed by atoms with Crippen molar-refractivity contribution < 1.29 is 15.0 Å².